The predicted molar refractivity (Wildman–Crippen MR) is 77.8 cm³/mol. The van der Waals surface area contributed by atoms with Crippen molar-refractivity contribution in [3.63, 3.8) is 0 Å². The third-order valence-electron chi connectivity index (χ3n) is 3.77. The van der Waals surface area contributed by atoms with Crippen molar-refractivity contribution in [3.8, 4) is 0 Å². The quantitative estimate of drug-likeness (QED) is 0.747. The Morgan fingerprint density at radius 2 is 1.47 bits per heavy atom. The summed E-state index contributed by atoms with van der Waals surface area (Å²) in [5, 5.41) is 0. The van der Waals surface area contributed by atoms with Gasteiger partial charge in [-0.25, -0.2) is 0 Å². The molecular formula is C18H16O. The second-order valence-corrected chi connectivity index (χ2v) is 5.06. The molecule has 0 aromatic heterocycles. The van der Waals surface area contributed by atoms with E-state index in [9.17, 15) is 4.79 Å². The number of hydrogen-bond donors (Lipinski definition) is 0. The lowest BCUT2D eigenvalue weighted by Crippen LogP contribution is -2.17. The van der Waals surface area contributed by atoms with Gasteiger partial charge in [-0.2, -0.15) is 0 Å². The van der Waals surface area contributed by atoms with Gasteiger partial charge < -0.3 is 0 Å². The molecule has 2 aromatic rings. The van der Waals surface area contributed by atoms with Gasteiger partial charge in [0.15, 0.2) is 5.78 Å². The Labute approximate surface area is 113 Å². The Hall–Kier alpha value is -2.15. The van der Waals surface area contributed by atoms with E-state index in [2.05, 4.69) is 12.1 Å². The van der Waals surface area contributed by atoms with Crippen molar-refractivity contribution < 1.29 is 4.79 Å². The fraction of sp³-hybridized carbons (Fsp3) is 0.167. The van der Waals surface area contributed by atoms with E-state index in [1.165, 1.54) is 0 Å². The Morgan fingerprint density at radius 3 is 2.05 bits per heavy atom. The van der Waals surface area contributed by atoms with Gasteiger partial charge in [0.2, 0.25) is 0 Å². The molecule has 1 saturated carbocycles. The van der Waals surface area contributed by atoms with Crippen molar-refractivity contribution >= 4 is 11.9 Å². The maximum atomic E-state index is 12.4. The van der Waals surface area contributed by atoms with Crippen molar-refractivity contribution in [1.29, 1.82) is 0 Å². The van der Waals surface area contributed by atoms with Gasteiger partial charge in [-0.1, -0.05) is 66.7 Å². The minimum atomic E-state index is -0.244. The van der Waals surface area contributed by atoms with Crippen LogP contribution in [0.3, 0.4) is 0 Å². The molecule has 0 heterocycles. The highest BCUT2D eigenvalue weighted by Gasteiger charge is 2.49. The summed E-state index contributed by atoms with van der Waals surface area (Å²) in [6, 6.07) is 20.1. The smallest absolute Gasteiger partial charge is 0.166 e. The number of benzene rings is 2. The molecule has 0 spiro atoms. The van der Waals surface area contributed by atoms with Crippen molar-refractivity contribution in [2.24, 2.45) is 0 Å². The number of allylic oxidation sites excluding steroid dienone is 1. The normalized spacial score (nSPS) is 16.4. The first-order valence-electron chi connectivity index (χ1n) is 6.64. The second-order valence-electron chi connectivity index (χ2n) is 5.06. The summed E-state index contributed by atoms with van der Waals surface area (Å²) >= 11 is 0. The maximum Gasteiger partial charge on any atom is 0.166 e. The van der Waals surface area contributed by atoms with Crippen molar-refractivity contribution in [2.75, 3.05) is 0 Å². The lowest BCUT2D eigenvalue weighted by atomic mass is 9.91. The average molecular weight is 248 g/mol. The zero-order valence-corrected chi connectivity index (χ0v) is 10.8. The molecule has 0 aliphatic heterocycles. The Morgan fingerprint density at radius 1 is 0.895 bits per heavy atom. The van der Waals surface area contributed by atoms with Crippen molar-refractivity contribution in [1.82, 2.24) is 0 Å². The van der Waals surface area contributed by atoms with E-state index in [0.717, 1.165) is 24.0 Å². The zero-order chi connectivity index (χ0) is 13.1. The molecule has 94 valence electrons. The molecule has 1 aliphatic rings. The predicted octanol–water partition coefficient (Wildman–Crippen LogP) is 4.00. The highest BCUT2D eigenvalue weighted by atomic mass is 16.1. The van der Waals surface area contributed by atoms with Crippen LogP contribution in [-0.2, 0) is 10.2 Å². The van der Waals surface area contributed by atoms with Gasteiger partial charge in [0, 0.05) is 0 Å². The van der Waals surface area contributed by atoms with Gasteiger partial charge >= 0.3 is 0 Å². The lowest BCUT2D eigenvalue weighted by Gasteiger charge is -2.11. The summed E-state index contributed by atoms with van der Waals surface area (Å²) in [6.45, 7) is 0. The summed E-state index contributed by atoms with van der Waals surface area (Å²) in [5.74, 6) is 0.225. The molecule has 1 nitrogen and oxygen atoms in total. The third kappa shape index (κ3) is 2.37. The van der Waals surface area contributed by atoms with Crippen LogP contribution in [0.1, 0.15) is 24.0 Å². The summed E-state index contributed by atoms with van der Waals surface area (Å²) in [6.07, 6.45) is 5.57. The number of carbonyl (C=O) groups is 1. The van der Waals surface area contributed by atoms with Gasteiger partial charge in [-0.05, 0) is 30.0 Å². The molecule has 1 heteroatoms. The topological polar surface area (TPSA) is 17.1 Å². The van der Waals surface area contributed by atoms with Gasteiger partial charge in [0.05, 0.1) is 5.41 Å². The van der Waals surface area contributed by atoms with E-state index < -0.39 is 0 Å². The first kappa shape index (κ1) is 11.9. The van der Waals surface area contributed by atoms with Crippen molar-refractivity contribution in [2.45, 2.75) is 18.3 Å². The molecule has 19 heavy (non-hydrogen) atoms. The number of rotatable bonds is 4. The number of carbonyl (C=O) groups excluding carboxylic acids is 1. The van der Waals surface area contributed by atoms with Crippen LogP contribution in [0.25, 0.3) is 6.08 Å². The van der Waals surface area contributed by atoms with Crippen LogP contribution in [0.15, 0.2) is 66.7 Å². The number of ketones is 1. The summed E-state index contributed by atoms with van der Waals surface area (Å²) in [4.78, 5) is 12.4. The van der Waals surface area contributed by atoms with E-state index >= 15 is 0 Å². The molecule has 3 rings (SSSR count). The lowest BCUT2D eigenvalue weighted by molar-refractivity contribution is -0.116. The molecule has 0 atom stereocenters. The molecule has 0 N–H and O–H groups in total. The Balaban J connectivity index is 1.80. The largest absolute Gasteiger partial charge is 0.294 e. The maximum absolute atomic E-state index is 12.4. The summed E-state index contributed by atoms with van der Waals surface area (Å²) in [7, 11) is 0. The minimum Gasteiger partial charge on any atom is -0.294 e. The van der Waals surface area contributed by atoms with Gasteiger partial charge in [0.1, 0.15) is 0 Å². The van der Waals surface area contributed by atoms with Crippen LogP contribution in [0.2, 0.25) is 0 Å². The Kier molecular flexibility index (Phi) is 3.04. The molecule has 0 bridgehead atoms. The molecule has 0 radical (unpaired) electrons. The van der Waals surface area contributed by atoms with Crippen LogP contribution in [0.5, 0.6) is 0 Å². The van der Waals surface area contributed by atoms with E-state index in [4.69, 9.17) is 0 Å². The van der Waals surface area contributed by atoms with Gasteiger partial charge in [-0.3, -0.25) is 4.79 Å². The Bertz CT molecular complexity index is 592. The number of hydrogen-bond acceptors (Lipinski definition) is 1. The molecular weight excluding hydrogens is 232 g/mol. The van der Waals surface area contributed by atoms with Crippen LogP contribution in [0, 0.1) is 0 Å². The fourth-order valence-corrected chi connectivity index (χ4v) is 2.46. The highest BCUT2D eigenvalue weighted by Crippen LogP contribution is 2.49. The summed E-state index contributed by atoms with van der Waals surface area (Å²) < 4.78 is 0. The molecule has 0 saturated heterocycles. The third-order valence-corrected chi connectivity index (χ3v) is 3.77. The second kappa shape index (κ2) is 4.85. The molecule has 0 unspecified atom stereocenters. The standard InChI is InChI=1S/C18H16O/c19-17(12-11-15-7-3-1-4-8-15)18(13-14-18)16-9-5-2-6-10-16/h1-12H,13-14H2/b12-11-. The summed E-state index contributed by atoms with van der Waals surface area (Å²) in [5.41, 5.74) is 1.98. The average Bonchev–Trinajstić information content (AvgIpc) is 3.28. The molecule has 1 aliphatic carbocycles. The zero-order valence-electron chi connectivity index (χ0n) is 10.8. The first-order valence-corrected chi connectivity index (χ1v) is 6.64. The first-order chi connectivity index (χ1) is 9.31. The van der Waals surface area contributed by atoms with E-state index in [-0.39, 0.29) is 11.2 Å². The molecule has 0 amide bonds. The van der Waals surface area contributed by atoms with E-state index in [0.29, 0.717) is 0 Å². The van der Waals surface area contributed by atoms with Gasteiger partial charge in [0.25, 0.3) is 0 Å². The molecule has 2 aromatic carbocycles. The van der Waals surface area contributed by atoms with Crippen molar-refractivity contribution in [3.05, 3.63) is 77.9 Å². The monoisotopic (exact) mass is 248 g/mol. The fourth-order valence-electron chi connectivity index (χ4n) is 2.46. The van der Waals surface area contributed by atoms with E-state index in [1.807, 2.05) is 54.6 Å². The van der Waals surface area contributed by atoms with Crippen LogP contribution in [0.4, 0.5) is 0 Å². The van der Waals surface area contributed by atoms with Gasteiger partial charge in [-0.15, -0.1) is 0 Å². The van der Waals surface area contributed by atoms with Crippen LogP contribution < -0.4 is 0 Å². The minimum absolute atomic E-state index is 0.225. The molecule has 1 fully saturated rings. The van der Waals surface area contributed by atoms with Crippen LogP contribution in [-0.4, -0.2) is 5.78 Å². The SMILES string of the molecule is O=C(/C=C\c1ccccc1)C1(c2ccccc2)CC1. The highest BCUT2D eigenvalue weighted by molar-refractivity contribution is 6.03. The van der Waals surface area contributed by atoms with E-state index in [1.54, 1.807) is 6.08 Å². The van der Waals surface area contributed by atoms with Crippen LogP contribution >= 0.6 is 0 Å².